The molecule has 0 aliphatic carbocycles. The number of carboxylic acid groups (broad SMARTS) is 1. The Morgan fingerprint density at radius 3 is 3.00 bits per heavy atom. The van der Waals surface area contributed by atoms with Gasteiger partial charge in [-0.1, -0.05) is 0 Å². The van der Waals surface area contributed by atoms with Crippen LogP contribution >= 0.6 is 27.7 Å². The molecule has 0 radical (unpaired) electrons. The van der Waals surface area contributed by atoms with Crippen LogP contribution in [0.25, 0.3) is 0 Å². The first-order valence-corrected chi connectivity index (χ1v) is 7.88. The number of halogens is 1. The van der Waals surface area contributed by atoms with E-state index in [2.05, 4.69) is 21.2 Å². The SMILES string of the molecule is COc1cc([C@H]2N[C@H](C(=O)O)CS2)cc(Br)c1OCC#N. The number of nitriles is 1. The topological polar surface area (TPSA) is 91.6 Å². The number of benzene rings is 1. The third kappa shape index (κ3) is 3.61. The minimum Gasteiger partial charge on any atom is -0.493 e. The highest BCUT2D eigenvalue weighted by Crippen LogP contribution is 2.41. The zero-order valence-electron chi connectivity index (χ0n) is 11.1. The van der Waals surface area contributed by atoms with Gasteiger partial charge in [-0.3, -0.25) is 10.1 Å². The van der Waals surface area contributed by atoms with Crippen LogP contribution in [0.1, 0.15) is 10.9 Å². The molecule has 0 bridgehead atoms. The molecule has 1 fully saturated rings. The highest BCUT2D eigenvalue weighted by molar-refractivity contribution is 9.10. The van der Waals surface area contributed by atoms with E-state index in [1.807, 2.05) is 12.1 Å². The largest absolute Gasteiger partial charge is 0.493 e. The molecule has 1 aliphatic rings. The van der Waals surface area contributed by atoms with Crippen molar-refractivity contribution in [2.75, 3.05) is 19.5 Å². The molecule has 8 heteroatoms. The molecule has 1 aromatic rings. The number of thioether (sulfide) groups is 1. The molecule has 2 rings (SSSR count). The molecule has 1 aliphatic heterocycles. The average Bonchev–Trinajstić information content (AvgIpc) is 2.95. The zero-order valence-corrected chi connectivity index (χ0v) is 13.5. The van der Waals surface area contributed by atoms with Gasteiger partial charge >= 0.3 is 5.97 Å². The van der Waals surface area contributed by atoms with Crippen LogP contribution in [0.4, 0.5) is 0 Å². The third-order valence-corrected chi connectivity index (χ3v) is 4.77. The second-order valence-corrected chi connectivity index (χ2v) is 6.24. The lowest BCUT2D eigenvalue weighted by atomic mass is 10.2. The summed E-state index contributed by atoms with van der Waals surface area (Å²) in [5, 5.41) is 20.5. The average molecular weight is 373 g/mol. The summed E-state index contributed by atoms with van der Waals surface area (Å²) in [6.07, 6.45) is 0. The Kier molecular flexibility index (Phi) is 5.33. The number of carbonyl (C=O) groups is 1. The molecular weight excluding hydrogens is 360 g/mol. The molecule has 2 atom stereocenters. The van der Waals surface area contributed by atoms with Gasteiger partial charge in [-0.2, -0.15) is 5.26 Å². The summed E-state index contributed by atoms with van der Waals surface area (Å²) in [5.41, 5.74) is 0.886. The lowest BCUT2D eigenvalue weighted by Gasteiger charge is -2.16. The second-order valence-electron chi connectivity index (χ2n) is 4.25. The normalized spacial score (nSPS) is 20.8. The third-order valence-electron chi connectivity index (χ3n) is 2.92. The van der Waals surface area contributed by atoms with Crippen molar-refractivity contribution in [3.63, 3.8) is 0 Å². The molecule has 112 valence electrons. The Morgan fingerprint density at radius 1 is 1.67 bits per heavy atom. The van der Waals surface area contributed by atoms with Crippen LogP contribution in [0, 0.1) is 11.3 Å². The quantitative estimate of drug-likeness (QED) is 0.817. The minimum atomic E-state index is -0.856. The Balaban J connectivity index is 2.24. The van der Waals surface area contributed by atoms with E-state index in [9.17, 15) is 4.79 Å². The zero-order chi connectivity index (χ0) is 15.4. The van der Waals surface area contributed by atoms with Gasteiger partial charge in [0.25, 0.3) is 0 Å². The van der Waals surface area contributed by atoms with Crippen molar-refractivity contribution >= 4 is 33.7 Å². The van der Waals surface area contributed by atoms with E-state index >= 15 is 0 Å². The number of nitrogens with one attached hydrogen (secondary N) is 1. The fourth-order valence-electron chi connectivity index (χ4n) is 1.94. The Hall–Kier alpha value is -1.43. The number of hydrogen-bond donors (Lipinski definition) is 2. The fourth-order valence-corrected chi connectivity index (χ4v) is 3.73. The first-order valence-electron chi connectivity index (χ1n) is 6.04. The smallest absolute Gasteiger partial charge is 0.321 e. The highest BCUT2D eigenvalue weighted by Gasteiger charge is 2.31. The molecular formula is C13H13BrN2O4S. The lowest BCUT2D eigenvalue weighted by molar-refractivity contribution is -0.138. The van der Waals surface area contributed by atoms with Crippen molar-refractivity contribution in [3.8, 4) is 17.6 Å². The van der Waals surface area contributed by atoms with E-state index < -0.39 is 12.0 Å². The van der Waals surface area contributed by atoms with Crippen LogP contribution < -0.4 is 14.8 Å². The van der Waals surface area contributed by atoms with Crippen LogP contribution in [0.2, 0.25) is 0 Å². The van der Waals surface area contributed by atoms with E-state index in [1.54, 1.807) is 6.07 Å². The second kappa shape index (κ2) is 7.02. The Labute approximate surface area is 134 Å². The minimum absolute atomic E-state index is 0.0776. The van der Waals surface area contributed by atoms with Gasteiger partial charge in [0.15, 0.2) is 18.1 Å². The Morgan fingerprint density at radius 2 is 2.43 bits per heavy atom. The first kappa shape index (κ1) is 15.9. The van der Waals surface area contributed by atoms with Gasteiger partial charge in [-0.25, -0.2) is 0 Å². The van der Waals surface area contributed by atoms with Crippen LogP contribution in [0.3, 0.4) is 0 Å². The van der Waals surface area contributed by atoms with Crippen LogP contribution in [-0.2, 0) is 4.79 Å². The van der Waals surface area contributed by atoms with Gasteiger partial charge in [-0.05, 0) is 33.6 Å². The standard InChI is InChI=1S/C13H13BrN2O4S/c1-19-10-5-7(4-8(14)11(10)20-3-2-15)12-16-9(6-21-12)13(17)18/h4-5,9,12,16H,3,6H2,1H3,(H,17,18)/t9-,12-/m0/s1. The Bertz CT molecular complexity index is 590. The summed E-state index contributed by atoms with van der Waals surface area (Å²) in [5.74, 6) is 0.605. The van der Waals surface area contributed by atoms with Crippen molar-refractivity contribution < 1.29 is 19.4 Å². The van der Waals surface area contributed by atoms with Gasteiger partial charge < -0.3 is 14.6 Å². The van der Waals surface area contributed by atoms with E-state index in [4.69, 9.17) is 19.8 Å². The predicted molar refractivity (Wildman–Crippen MR) is 81.6 cm³/mol. The van der Waals surface area contributed by atoms with Crippen LogP contribution in [0.15, 0.2) is 16.6 Å². The molecule has 1 saturated heterocycles. The molecule has 0 unspecified atom stereocenters. The van der Waals surface area contributed by atoms with Crippen molar-refractivity contribution in [1.82, 2.24) is 5.32 Å². The molecule has 0 amide bonds. The number of rotatable bonds is 5. The van der Waals surface area contributed by atoms with E-state index in [-0.39, 0.29) is 12.0 Å². The molecule has 1 heterocycles. The van der Waals surface area contributed by atoms with Crippen LogP contribution in [-0.4, -0.2) is 36.6 Å². The van der Waals surface area contributed by atoms with Crippen molar-refractivity contribution in [3.05, 3.63) is 22.2 Å². The number of hydrogen-bond acceptors (Lipinski definition) is 6. The summed E-state index contributed by atoms with van der Waals surface area (Å²) in [6.45, 7) is -0.0776. The van der Waals surface area contributed by atoms with E-state index in [0.717, 1.165) is 5.56 Å². The predicted octanol–water partition coefficient (Wildman–Crippen LogP) is 2.15. The molecule has 1 aromatic carbocycles. The van der Waals surface area contributed by atoms with E-state index in [0.29, 0.717) is 21.7 Å². The highest BCUT2D eigenvalue weighted by atomic mass is 79.9. The van der Waals surface area contributed by atoms with Crippen molar-refractivity contribution in [2.45, 2.75) is 11.4 Å². The maximum atomic E-state index is 11.0. The molecule has 6 nitrogen and oxygen atoms in total. The number of carboxylic acids is 1. The number of nitrogens with zero attached hydrogens (tertiary/aromatic N) is 1. The number of ether oxygens (including phenoxy) is 2. The molecule has 21 heavy (non-hydrogen) atoms. The fraction of sp³-hybridized carbons (Fsp3) is 0.385. The van der Waals surface area contributed by atoms with Crippen LogP contribution in [0.5, 0.6) is 11.5 Å². The molecule has 0 saturated carbocycles. The molecule has 0 aromatic heterocycles. The summed E-state index contributed by atoms with van der Waals surface area (Å²) >= 11 is 4.91. The van der Waals surface area contributed by atoms with Gasteiger partial charge in [0.1, 0.15) is 12.1 Å². The molecule has 0 spiro atoms. The van der Waals surface area contributed by atoms with Gasteiger partial charge in [0, 0.05) is 5.75 Å². The summed E-state index contributed by atoms with van der Waals surface area (Å²) in [4.78, 5) is 11.0. The van der Waals surface area contributed by atoms with Gasteiger partial charge in [0.2, 0.25) is 0 Å². The summed E-state index contributed by atoms with van der Waals surface area (Å²) in [6, 6.07) is 4.97. The van der Waals surface area contributed by atoms with Crippen molar-refractivity contribution in [2.24, 2.45) is 0 Å². The van der Waals surface area contributed by atoms with Crippen molar-refractivity contribution in [1.29, 1.82) is 5.26 Å². The summed E-state index contributed by atoms with van der Waals surface area (Å²) in [7, 11) is 1.51. The number of aliphatic carboxylic acids is 1. The molecule has 2 N–H and O–H groups in total. The van der Waals surface area contributed by atoms with Gasteiger partial charge in [0.05, 0.1) is 17.0 Å². The summed E-state index contributed by atoms with van der Waals surface area (Å²) < 4.78 is 11.3. The van der Waals surface area contributed by atoms with Gasteiger partial charge in [-0.15, -0.1) is 11.8 Å². The monoisotopic (exact) mass is 372 g/mol. The van der Waals surface area contributed by atoms with E-state index in [1.165, 1.54) is 18.9 Å². The first-order chi connectivity index (χ1) is 10.1. The maximum absolute atomic E-state index is 11.0. The number of methoxy groups -OCH3 is 1. The lowest BCUT2D eigenvalue weighted by Crippen LogP contribution is -2.33. The maximum Gasteiger partial charge on any atom is 0.321 e.